The van der Waals surface area contributed by atoms with Gasteiger partial charge in [-0.15, -0.1) is 0 Å². The van der Waals surface area contributed by atoms with Gasteiger partial charge < -0.3 is 10.2 Å². The van der Waals surface area contributed by atoms with Crippen LogP contribution in [0.25, 0.3) is 22.4 Å². The fourth-order valence-electron chi connectivity index (χ4n) is 5.45. The number of halogens is 3. The van der Waals surface area contributed by atoms with Gasteiger partial charge in [-0.1, -0.05) is 12.1 Å². The van der Waals surface area contributed by atoms with E-state index in [0.29, 0.717) is 18.1 Å². The Labute approximate surface area is 253 Å². The number of nitrogens with zero attached hydrogens (tertiary/aromatic N) is 5. The van der Waals surface area contributed by atoms with E-state index in [1.165, 1.54) is 22.9 Å². The molecule has 0 spiro atoms. The van der Waals surface area contributed by atoms with Crippen LogP contribution in [-0.4, -0.2) is 59.0 Å². The molecular weight excluding hydrogens is 595 g/mol. The fourth-order valence-corrected chi connectivity index (χ4v) is 6.65. The molecule has 10 nitrogen and oxygen atoms in total. The second kappa shape index (κ2) is 12.5. The zero-order valence-electron chi connectivity index (χ0n) is 24.8. The number of nitrogens with one attached hydrogen (secondary N) is 2. The lowest BCUT2D eigenvalue weighted by Gasteiger charge is -2.32. The molecule has 1 fully saturated rings. The standard InChI is InChI=1S/C30H34F3N7O3S/c1-17(2)40-28-26(15-34-30(37-28)35-20-9-11-21(12-10-20)39(3)4)36-27(29(40)41)22-13-24(33)25(14-23(22)32)38-44(42,43)16-18-5-7-19(31)8-6-18/h5-8,13-15,17,20-21,38H,9-12,16H2,1-4H3,(H,34,35,37)/t20-,21-. The molecule has 4 aromatic rings. The molecule has 234 valence electrons. The zero-order valence-corrected chi connectivity index (χ0v) is 25.6. The molecule has 1 aliphatic carbocycles. The average molecular weight is 630 g/mol. The second-order valence-corrected chi connectivity index (χ2v) is 13.3. The van der Waals surface area contributed by atoms with Crippen molar-refractivity contribution in [3.63, 3.8) is 0 Å². The molecule has 0 amide bonds. The van der Waals surface area contributed by atoms with Crippen LogP contribution in [0.2, 0.25) is 0 Å². The molecule has 1 saturated carbocycles. The highest BCUT2D eigenvalue weighted by atomic mass is 32.2. The zero-order chi connectivity index (χ0) is 31.8. The Morgan fingerprint density at radius 1 is 1.00 bits per heavy atom. The number of hydrogen-bond acceptors (Lipinski definition) is 8. The molecule has 14 heteroatoms. The first-order valence-corrected chi connectivity index (χ1v) is 15.9. The maximum absolute atomic E-state index is 15.4. The van der Waals surface area contributed by atoms with Gasteiger partial charge in [-0.3, -0.25) is 14.1 Å². The van der Waals surface area contributed by atoms with E-state index in [1.807, 2.05) is 4.72 Å². The summed E-state index contributed by atoms with van der Waals surface area (Å²) in [5.41, 5.74) is -1.43. The first-order chi connectivity index (χ1) is 20.8. The highest BCUT2D eigenvalue weighted by molar-refractivity contribution is 7.91. The number of aromatic nitrogens is 4. The molecule has 0 radical (unpaired) electrons. The van der Waals surface area contributed by atoms with E-state index in [0.717, 1.165) is 43.9 Å². The average Bonchev–Trinajstić information content (AvgIpc) is 2.95. The monoisotopic (exact) mass is 629 g/mol. The third-order valence-corrected chi connectivity index (χ3v) is 9.00. The summed E-state index contributed by atoms with van der Waals surface area (Å²) in [6.45, 7) is 3.52. The third-order valence-electron chi connectivity index (χ3n) is 7.76. The van der Waals surface area contributed by atoms with Gasteiger partial charge in [-0.05, 0) is 77.4 Å². The van der Waals surface area contributed by atoms with Gasteiger partial charge in [0.25, 0.3) is 5.56 Å². The first-order valence-electron chi connectivity index (χ1n) is 14.3. The van der Waals surface area contributed by atoms with Crippen LogP contribution in [0.4, 0.5) is 24.8 Å². The van der Waals surface area contributed by atoms with Gasteiger partial charge in [0.2, 0.25) is 16.0 Å². The molecular formula is C30H34F3N7O3S. The first kappa shape index (κ1) is 31.4. The van der Waals surface area contributed by atoms with Gasteiger partial charge in [0.15, 0.2) is 5.65 Å². The van der Waals surface area contributed by atoms with Crippen LogP contribution in [0.3, 0.4) is 0 Å². The van der Waals surface area contributed by atoms with E-state index < -0.39 is 56.1 Å². The predicted octanol–water partition coefficient (Wildman–Crippen LogP) is 5.08. The van der Waals surface area contributed by atoms with E-state index in [2.05, 4.69) is 39.3 Å². The van der Waals surface area contributed by atoms with Crippen LogP contribution in [0, 0.1) is 17.5 Å². The lowest BCUT2D eigenvalue weighted by molar-refractivity contribution is 0.221. The summed E-state index contributed by atoms with van der Waals surface area (Å²) >= 11 is 0. The number of hydrogen-bond donors (Lipinski definition) is 2. The molecule has 2 heterocycles. The van der Waals surface area contributed by atoms with E-state index in [-0.39, 0.29) is 28.5 Å². The summed E-state index contributed by atoms with van der Waals surface area (Å²) in [5.74, 6) is -2.94. The van der Waals surface area contributed by atoms with Crippen molar-refractivity contribution in [1.29, 1.82) is 0 Å². The van der Waals surface area contributed by atoms with Gasteiger partial charge >= 0.3 is 0 Å². The number of benzene rings is 2. The Morgan fingerprint density at radius 2 is 1.68 bits per heavy atom. The number of rotatable bonds is 9. The predicted molar refractivity (Wildman–Crippen MR) is 163 cm³/mol. The Morgan fingerprint density at radius 3 is 2.32 bits per heavy atom. The van der Waals surface area contributed by atoms with Crippen LogP contribution in [0.5, 0.6) is 0 Å². The van der Waals surface area contributed by atoms with Crippen LogP contribution < -0.4 is 15.6 Å². The quantitative estimate of drug-likeness (QED) is 0.263. The Kier molecular flexibility index (Phi) is 8.93. The minimum absolute atomic E-state index is 0.179. The number of sulfonamides is 1. The lowest BCUT2D eigenvalue weighted by Crippen LogP contribution is -2.36. The molecule has 0 saturated heterocycles. The molecule has 0 aliphatic heterocycles. The topological polar surface area (TPSA) is 122 Å². The lowest BCUT2D eigenvalue weighted by atomic mass is 9.91. The Balaban J connectivity index is 1.44. The molecule has 0 bridgehead atoms. The van der Waals surface area contributed by atoms with Crippen molar-refractivity contribution >= 4 is 32.8 Å². The van der Waals surface area contributed by atoms with Crippen molar-refractivity contribution in [2.75, 3.05) is 24.1 Å². The maximum atomic E-state index is 15.4. The van der Waals surface area contributed by atoms with Crippen LogP contribution >= 0.6 is 0 Å². The van der Waals surface area contributed by atoms with Crippen molar-refractivity contribution < 1.29 is 21.6 Å². The fraction of sp³-hybridized carbons (Fsp3) is 0.400. The Hall–Kier alpha value is -4.04. The third kappa shape index (κ3) is 6.86. The summed E-state index contributed by atoms with van der Waals surface area (Å²) in [4.78, 5) is 29.1. The summed E-state index contributed by atoms with van der Waals surface area (Å²) < 4.78 is 72.3. The van der Waals surface area contributed by atoms with E-state index >= 15 is 8.78 Å². The highest BCUT2D eigenvalue weighted by Gasteiger charge is 2.25. The molecule has 2 aromatic heterocycles. The summed E-state index contributed by atoms with van der Waals surface area (Å²) in [5, 5.41) is 3.36. The second-order valence-electron chi connectivity index (χ2n) is 11.5. The molecule has 2 aromatic carbocycles. The highest BCUT2D eigenvalue weighted by Crippen LogP contribution is 2.29. The summed E-state index contributed by atoms with van der Waals surface area (Å²) in [6, 6.07) is 6.44. The Bertz CT molecular complexity index is 1840. The van der Waals surface area contributed by atoms with Gasteiger partial charge in [0.1, 0.15) is 28.7 Å². The molecule has 44 heavy (non-hydrogen) atoms. The molecule has 0 unspecified atom stereocenters. The van der Waals surface area contributed by atoms with Crippen LogP contribution in [0.15, 0.2) is 47.4 Å². The summed E-state index contributed by atoms with van der Waals surface area (Å²) in [7, 11) is -0.0295. The molecule has 0 atom stereocenters. The molecule has 1 aliphatic rings. The van der Waals surface area contributed by atoms with Gasteiger partial charge in [0, 0.05) is 29.8 Å². The van der Waals surface area contributed by atoms with E-state index in [9.17, 15) is 17.6 Å². The van der Waals surface area contributed by atoms with Crippen molar-refractivity contribution in [3.8, 4) is 11.3 Å². The maximum Gasteiger partial charge on any atom is 0.279 e. The largest absolute Gasteiger partial charge is 0.351 e. The molecule has 5 rings (SSSR count). The van der Waals surface area contributed by atoms with Crippen LogP contribution in [0.1, 0.15) is 51.1 Å². The van der Waals surface area contributed by atoms with E-state index in [1.54, 1.807) is 13.8 Å². The van der Waals surface area contributed by atoms with Gasteiger partial charge in [-0.25, -0.2) is 31.6 Å². The van der Waals surface area contributed by atoms with Gasteiger partial charge in [-0.2, -0.15) is 4.98 Å². The smallest absolute Gasteiger partial charge is 0.279 e. The normalized spacial score (nSPS) is 17.4. The van der Waals surface area contributed by atoms with Gasteiger partial charge in [0.05, 0.1) is 17.6 Å². The van der Waals surface area contributed by atoms with E-state index in [4.69, 9.17) is 0 Å². The summed E-state index contributed by atoms with van der Waals surface area (Å²) in [6.07, 6.45) is 5.40. The minimum Gasteiger partial charge on any atom is -0.351 e. The van der Waals surface area contributed by atoms with Crippen LogP contribution in [-0.2, 0) is 15.8 Å². The van der Waals surface area contributed by atoms with Crippen molar-refractivity contribution in [2.24, 2.45) is 0 Å². The number of anilines is 2. The van der Waals surface area contributed by atoms with Crippen molar-refractivity contribution in [3.05, 3.63) is 76.0 Å². The minimum atomic E-state index is -4.18. The molecule has 2 N–H and O–H groups in total. The van der Waals surface area contributed by atoms with Crippen molar-refractivity contribution in [2.45, 2.75) is 63.4 Å². The number of fused-ring (bicyclic) bond motifs is 1. The van der Waals surface area contributed by atoms with Crippen molar-refractivity contribution in [1.82, 2.24) is 24.4 Å². The SMILES string of the molecule is CC(C)n1c(=O)c(-c2cc(F)c(NS(=O)(=O)Cc3ccc(F)cc3)cc2F)nc2cnc(N[C@H]3CC[C@H](N(C)C)CC3)nc21.